The number of fused-ring (bicyclic) bond motifs is 4. The van der Waals surface area contributed by atoms with Crippen molar-refractivity contribution in [2.75, 3.05) is 0 Å². The molecule has 0 unspecified atom stereocenters. The van der Waals surface area contributed by atoms with Crippen LogP contribution in [-0.4, -0.2) is 19.3 Å². The maximum absolute atomic E-state index is 6.06. The van der Waals surface area contributed by atoms with Gasteiger partial charge in [-0.2, -0.15) is 5.10 Å². The molecular formula is C30H20N4O. The Morgan fingerprint density at radius 2 is 1.46 bits per heavy atom. The van der Waals surface area contributed by atoms with Crippen LogP contribution in [0.2, 0.25) is 0 Å². The molecule has 0 spiro atoms. The molecule has 7 rings (SSSR count). The quantitative estimate of drug-likeness (QED) is 0.281. The lowest BCUT2D eigenvalue weighted by atomic mass is 10.1. The van der Waals surface area contributed by atoms with Crippen LogP contribution in [0.25, 0.3) is 44.1 Å². The second-order valence-corrected chi connectivity index (χ2v) is 8.45. The van der Waals surface area contributed by atoms with E-state index in [2.05, 4.69) is 82.5 Å². The molecule has 0 saturated carbocycles. The first-order valence-electron chi connectivity index (χ1n) is 11.5. The molecule has 0 amide bonds. The fourth-order valence-corrected chi connectivity index (χ4v) is 4.69. The summed E-state index contributed by atoms with van der Waals surface area (Å²) in [5, 5.41) is 8.26. The minimum atomic E-state index is 0.572. The molecule has 166 valence electrons. The molecule has 0 N–H and O–H groups in total. The maximum Gasteiger partial charge on any atom is 0.219 e. The number of rotatable bonds is 4. The number of benzene rings is 4. The van der Waals surface area contributed by atoms with Gasteiger partial charge in [0.15, 0.2) is 0 Å². The van der Waals surface area contributed by atoms with Crippen LogP contribution in [0, 0.1) is 0 Å². The molecule has 0 atom stereocenters. The molecular weight excluding hydrogens is 432 g/mol. The van der Waals surface area contributed by atoms with Gasteiger partial charge in [-0.05, 0) is 48.5 Å². The number of aromatic nitrogens is 4. The van der Waals surface area contributed by atoms with Crippen LogP contribution in [0.4, 0.5) is 0 Å². The zero-order valence-electron chi connectivity index (χ0n) is 18.7. The van der Waals surface area contributed by atoms with Gasteiger partial charge in [-0.1, -0.05) is 48.5 Å². The van der Waals surface area contributed by atoms with Crippen molar-refractivity contribution in [3.63, 3.8) is 0 Å². The molecule has 5 nitrogen and oxygen atoms in total. The average Bonchev–Trinajstić information content (AvgIpc) is 3.49. The van der Waals surface area contributed by atoms with Gasteiger partial charge in [0.2, 0.25) is 5.88 Å². The summed E-state index contributed by atoms with van der Waals surface area (Å²) in [6.45, 7) is 0. The van der Waals surface area contributed by atoms with Crippen molar-refractivity contribution in [3.05, 3.63) is 122 Å². The van der Waals surface area contributed by atoms with Crippen molar-refractivity contribution < 1.29 is 4.74 Å². The number of pyridine rings is 1. The van der Waals surface area contributed by atoms with Gasteiger partial charge in [0.05, 0.1) is 22.2 Å². The van der Waals surface area contributed by atoms with E-state index in [1.54, 1.807) is 6.20 Å². The van der Waals surface area contributed by atoms with Gasteiger partial charge in [-0.25, -0.2) is 9.67 Å². The molecule has 0 fully saturated rings. The Hall–Kier alpha value is -4.90. The van der Waals surface area contributed by atoms with Gasteiger partial charge < -0.3 is 9.30 Å². The van der Waals surface area contributed by atoms with Crippen LogP contribution < -0.4 is 4.74 Å². The Labute approximate surface area is 201 Å². The molecule has 0 radical (unpaired) electrons. The highest BCUT2D eigenvalue weighted by atomic mass is 16.5. The number of nitrogens with zero attached hydrogens (tertiary/aromatic N) is 4. The van der Waals surface area contributed by atoms with Crippen molar-refractivity contribution in [3.8, 4) is 23.0 Å². The van der Waals surface area contributed by atoms with E-state index in [1.165, 1.54) is 10.8 Å². The van der Waals surface area contributed by atoms with E-state index in [-0.39, 0.29) is 0 Å². The van der Waals surface area contributed by atoms with E-state index in [0.717, 1.165) is 39.1 Å². The normalized spacial score (nSPS) is 11.4. The molecule has 3 aromatic heterocycles. The molecule has 0 aliphatic heterocycles. The third kappa shape index (κ3) is 3.33. The van der Waals surface area contributed by atoms with Crippen molar-refractivity contribution >= 4 is 32.7 Å². The molecule has 5 heteroatoms. The average molecular weight is 453 g/mol. The second kappa shape index (κ2) is 7.85. The standard InChI is InChI=1S/C30H20N4O/c1-3-12-27-21(8-1)20-33(32-27)22-9-7-10-23(18-22)34-28-13-4-2-11-25(28)26-16-15-24(19-29(26)34)35-30-14-5-6-17-31-30/h1-20H. The minimum Gasteiger partial charge on any atom is -0.439 e. The number of ether oxygens (including phenoxy) is 1. The largest absolute Gasteiger partial charge is 0.439 e. The smallest absolute Gasteiger partial charge is 0.219 e. The highest BCUT2D eigenvalue weighted by molar-refractivity contribution is 6.09. The Morgan fingerprint density at radius 1 is 0.629 bits per heavy atom. The third-order valence-corrected chi connectivity index (χ3v) is 6.27. The lowest BCUT2D eigenvalue weighted by Gasteiger charge is -2.11. The molecule has 0 aliphatic rings. The van der Waals surface area contributed by atoms with Crippen LogP contribution >= 0.6 is 0 Å². The maximum atomic E-state index is 6.06. The Balaban J connectivity index is 1.41. The fraction of sp³-hybridized carbons (Fsp3) is 0. The van der Waals surface area contributed by atoms with Crippen molar-refractivity contribution in [1.82, 2.24) is 19.3 Å². The van der Waals surface area contributed by atoms with E-state index >= 15 is 0 Å². The molecule has 0 saturated heterocycles. The van der Waals surface area contributed by atoms with Crippen LogP contribution in [0.5, 0.6) is 11.6 Å². The summed E-state index contributed by atoms with van der Waals surface area (Å²) in [6, 6.07) is 37.0. The lowest BCUT2D eigenvalue weighted by molar-refractivity contribution is 0.463. The monoisotopic (exact) mass is 452 g/mol. The van der Waals surface area contributed by atoms with Gasteiger partial charge in [0.1, 0.15) is 5.75 Å². The topological polar surface area (TPSA) is 44.9 Å². The van der Waals surface area contributed by atoms with Crippen LogP contribution in [0.1, 0.15) is 0 Å². The van der Waals surface area contributed by atoms with Gasteiger partial charge >= 0.3 is 0 Å². The fourth-order valence-electron chi connectivity index (χ4n) is 4.69. The van der Waals surface area contributed by atoms with Gasteiger partial charge in [-0.15, -0.1) is 0 Å². The first-order chi connectivity index (χ1) is 17.3. The van der Waals surface area contributed by atoms with Crippen LogP contribution in [-0.2, 0) is 0 Å². The summed E-state index contributed by atoms with van der Waals surface area (Å²) in [6.07, 6.45) is 3.80. The molecule has 4 aromatic carbocycles. The predicted molar refractivity (Wildman–Crippen MR) is 140 cm³/mol. The number of hydrogen-bond acceptors (Lipinski definition) is 3. The van der Waals surface area contributed by atoms with Crippen molar-refractivity contribution in [1.29, 1.82) is 0 Å². The highest BCUT2D eigenvalue weighted by Gasteiger charge is 2.14. The van der Waals surface area contributed by atoms with Gasteiger partial charge in [-0.3, -0.25) is 0 Å². The van der Waals surface area contributed by atoms with Crippen molar-refractivity contribution in [2.24, 2.45) is 0 Å². The van der Waals surface area contributed by atoms with E-state index in [1.807, 2.05) is 47.1 Å². The molecule has 7 aromatic rings. The predicted octanol–water partition coefficient (Wildman–Crippen LogP) is 7.31. The SMILES string of the molecule is c1ccc(Oc2ccc3c4ccccc4n(-c4cccc(-n5cc6ccccc6n5)c4)c3c2)nc1. The van der Waals surface area contributed by atoms with E-state index < -0.39 is 0 Å². The second-order valence-electron chi connectivity index (χ2n) is 8.45. The number of hydrogen-bond donors (Lipinski definition) is 0. The lowest BCUT2D eigenvalue weighted by Crippen LogP contribution is -1.99. The highest BCUT2D eigenvalue weighted by Crippen LogP contribution is 2.35. The first-order valence-corrected chi connectivity index (χ1v) is 11.5. The molecule has 0 bridgehead atoms. The third-order valence-electron chi connectivity index (χ3n) is 6.27. The summed E-state index contributed by atoms with van der Waals surface area (Å²) >= 11 is 0. The first kappa shape index (κ1) is 19.6. The molecule has 3 heterocycles. The number of para-hydroxylation sites is 1. The van der Waals surface area contributed by atoms with Crippen LogP contribution in [0.3, 0.4) is 0 Å². The van der Waals surface area contributed by atoms with Gasteiger partial charge in [0.25, 0.3) is 0 Å². The zero-order valence-corrected chi connectivity index (χ0v) is 18.7. The summed E-state index contributed by atoms with van der Waals surface area (Å²) in [5.41, 5.74) is 5.25. The summed E-state index contributed by atoms with van der Waals surface area (Å²) in [7, 11) is 0. The van der Waals surface area contributed by atoms with Gasteiger partial charge in [0, 0.05) is 46.4 Å². The Morgan fingerprint density at radius 3 is 2.37 bits per heavy atom. The van der Waals surface area contributed by atoms with Crippen LogP contribution in [0.15, 0.2) is 122 Å². The van der Waals surface area contributed by atoms with E-state index in [9.17, 15) is 0 Å². The Bertz CT molecular complexity index is 1800. The Kier molecular flexibility index (Phi) is 4.39. The molecule has 35 heavy (non-hydrogen) atoms. The zero-order chi connectivity index (χ0) is 23.2. The van der Waals surface area contributed by atoms with E-state index in [0.29, 0.717) is 5.88 Å². The summed E-state index contributed by atoms with van der Waals surface area (Å²) in [5.74, 6) is 1.32. The summed E-state index contributed by atoms with van der Waals surface area (Å²) < 4.78 is 10.3. The van der Waals surface area contributed by atoms with Crippen molar-refractivity contribution in [2.45, 2.75) is 0 Å². The summed E-state index contributed by atoms with van der Waals surface area (Å²) in [4.78, 5) is 4.30. The minimum absolute atomic E-state index is 0.572. The molecule has 0 aliphatic carbocycles. The van der Waals surface area contributed by atoms with E-state index in [4.69, 9.17) is 9.84 Å².